The van der Waals surface area contributed by atoms with E-state index < -0.39 is 11.6 Å². The number of ether oxygens (including phenoxy) is 1. The quantitative estimate of drug-likeness (QED) is 0.820. The summed E-state index contributed by atoms with van der Waals surface area (Å²) in [4.78, 5) is 14.0. The van der Waals surface area contributed by atoms with Gasteiger partial charge in [-0.3, -0.25) is 4.79 Å². The standard InChI is InChI=1S/C16H22F2N2O2/c1-19-13-4-2-8-20(11-13)16(21)5-3-9-22-15-7-6-12(17)10-14(15)18/h6-7,10,13,19H,2-5,8-9,11H2,1H3. The second kappa shape index (κ2) is 8.08. The van der Waals surface area contributed by atoms with E-state index in [1.807, 2.05) is 11.9 Å². The predicted molar refractivity (Wildman–Crippen MR) is 79.7 cm³/mol. The van der Waals surface area contributed by atoms with Gasteiger partial charge in [-0.05, 0) is 38.4 Å². The molecule has 0 radical (unpaired) electrons. The molecule has 122 valence electrons. The van der Waals surface area contributed by atoms with Gasteiger partial charge in [-0.15, -0.1) is 0 Å². The van der Waals surface area contributed by atoms with Gasteiger partial charge in [0.2, 0.25) is 5.91 Å². The average Bonchev–Trinajstić information content (AvgIpc) is 2.53. The highest BCUT2D eigenvalue weighted by molar-refractivity contribution is 5.76. The lowest BCUT2D eigenvalue weighted by atomic mass is 10.1. The second-order valence-electron chi connectivity index (χ2n) is 5.49. The SMILES string of the molecule is CNC1CCCN(C(=O)CCCOc2ccc(F)cc2F)C1. The van der Waals surface area contributed by atoms with E-state index in [1.165, 1.54) is 6.07 Å². The number of carbonyl (C=O) groups excluding carboxylic acids is 1. The molecule has 2 rings (SSSR count). The minimum Gasteiger partial charge on any atom is -0.491 e. The van der Waals surface area contributed by atoms with Crippen LogP contribution < -0.4 is 10.1 Å². The Balaban J connectivity index is 1.70. The molecule has 1 aliphatic rings. The maximum absolute atomic E-state index is 13.4. The van der Waals surface area contributed by atoms with Crippen molar-refractivity contribution in [2.45, 2.75) is 31.7 Å². The summed E-state index contributed by atoms with van der Waals surface area (Å²) in [7, 11) is 1.91. The number of likely N-dealkylation sites (N-methyl/N-ethyl adjacent to an activating group) is 1. The van der Waals surface area contributed by atoms with Gasteiger partial charge >= 0.3 is 0 Å². The molecule has 1 atom stereocenters. The molecule has 0 aromatic heterocycles. The summed E-state index contributed by atoms with van der Waals surface area (Å²) in [5, 5.41) is 3.20. The Kier molecular flexibility index (Phi) is 6.12. The van der Waals surface area contributed by atoms with Crippen molar-refractivity contribution in [3.63, 3.8) is 0 Å². The third-order valence-corrected chi connectivity index (χ3v) is 3.87. The molecule has 0 bridgehead atoms. The van der Waals surface area contributed by atoms with Gasteiger partial charge in [0.25, 0.3) is 0 Å². The van der Waals surface area contributed by atoms with Crippen LogP contribution in [0.2, 0.25) is 0 Å². The summed E-state index contributed by atoms with van der Waals surface area (Å²) in [5.41, 5.74) is 0. The Labute approximate surface area is 129 Å². The zero-order valence-corrected chi connectivity index (χ0v) is 12.8. The van der Waals surface area contributed by atoms with Gasteiger partial charge in [-0.1, -0.05) is 0 Å². The second-order valence-corrected chi connectivity index (χ2v) is 5.49. The first-order valence-electron chi connectivity index (χ1n) is 7.63. The molecular formula is C16H22F2N2O2. The lowest BCUT2D eigenvalue weighted by molar-refractivity contribution is -0.132. The molecule has 1 heterocycles. The molecular weight excluding hydrogens is 290 g/mol. The van der Waals surface area contributed by atoms with Crippen LogP contribution in [0.1, 0.15) is 25.7 Å². The van der Waals surface area contributed by atoms with Crippen LogP contribution in [-0.2, 0) is 4.79 Å². The molecule has 1 aromatic rings. The molecule has 22 heavy (non-hydrogen) atoms. The summed E-state index contributed by atoms with van der Waals surface area (Å²) >= 11 is 0. The molecule has 1 amide bonds. The average molecular weight is 312 g/mol. The van der Waals surface area contributed by atoms with Crippen molar-refractivity contribution in [1.82, 2.24) is 10.2 Å². The highest BCUT2D eigenvalue weighted by Crippen LogP contribution is 2.18. The van der Waals surface area contributed by atoms with Crippen LogP contribution in [0, 0.1) is 11.6 Å². The smallest absolute Gasteiger partial charge is 0.222 e. The van der Waals surface area contributed by atoms with Gasteiger partial charge in [0.1, 0.15) is 5.82 Å². The summed E-state index contributed by atoms with van der Waals surface area (Å²) in [5.74, 6) is -1.24. The predicted octanol–water partition coefficient (Wildman–Crippen LogP) is 2.33. The molecule has 4 nitrogen and oxygen atoms in total. The fraction of sp³-hybridized carbons (Fsp3) is 0.562. The van der Waals surface area contributed by atoms with Crippen LogP contribution >= 0.6 is 0 Å². The maximum Gasteiger partial charge on any atom is 0.222 e. The number of carbonyl (C=O) groups is 1. The normalized spacial score (nSPS) is 18.3. The minimum absolute atomic E-state index is 0.0158. The Morgan fingerprint density at radius 1 is 1.45 bits per heavy atom. The van der Waals surface area contributed by atoms with E-state index >= 15 is 0 Å². The van der Waals surface area contributed by atoms with Crippen LogP contribution in [-0.4, -0.2) is 43.6 Å². The Morgan fingerprint density at radius 2 is 2.27 bits per heavy atom. The number of nitrogens with one attached hydrogen (secondary N) is 1. The number of halogens is 2. The molecule has 1 aromatic carbocycles. The van der Waals surface area contributed by atoms with E-state index in [0.29, 0.717) is 18.9 Å². The molecule has 0 saturated carbocycles. The molecule has 1 N–H and O–H groups in total. The molecule has 1 saturated heterocycles. The van der Waals surface area contributed by atoms with Crippen molar-refractivity contribution in [2.75, 3.05) is 26.7 Å². The first-order chi connectivity index (χ1) is 10.6. The van der Waals surface area contributed by atoms with Gasteiger partial charge in [0.15, 0.2) is 11.6 Å². The monoisotopic (exact) mass is 312 g/mol. The summed E-state index contributed by atoms with van der Waals surface area (Å²) in [6, 6.07) is 3.55. The number of amides is 1. The lowest BCUT2D eigenvalue weighted by Crippen LogP contribution is -2.46. The van der Waals surface area contributed by atoms with Crippen molar-refractivity contribution >= 4 is 5.91 Å². The molecule has 1 aliphatic heterocycles. The van der Waals surface area contributed by atoms with Crippen molar-refractivity contribution in [1.29, 1.82) is 0 Å². The van der Waals surface area contributed by atoms with Crippen molar-refractivity contribution in [3.05, 3.63) is 29.8 Å². The van der Waals surface area contributed by atoms with Gasteiger partial charge in [0.05, 0.1) is 6.61 Å². The van der Waals surface area contributed by atoms with Crippen molar-refractivity contribution in [2.24, 2.45) is 0 Å². The van der Waals surface area contributed by atoms with Gasteiger partial charge in [0, 0.05) is 31.6 Å². The van der Waals surface area contributed by atoms with Crippen LogP contribution in [0.4, 0.5) is 8.78 Å². The summed E-state index contributed by atoms with van der Waals surface area (Å²) in [6.45, 7) is 1.77. The van der Waals surface area contributed by atoms with Crippen LogP contribution in [0.25, 0.3) is 0 Å². The van der Waals surface area contributed by atoms with Crippen LogP contribution in [0.3, 0.4) is 0 Å². The third-order valence-electron chi connectivity index (χ3n) is 3.87. The zero-order chi connectivity index (χ0) is 15.9. The number of benzene rings is 1. The minimum atomic E-state index is -0.723. The molecule has 1 fully saturated rings. The largest absolute Gasteiger partial charge is 0.491 e. The fourth-order valence-corrected chi connectivity index (χ4v) is 2.60. The van der Waals surface area contributed by atoms with Gasteiger partial charge < -0.3 is 15.0 Å². The Bertz CT molecular complexity index is 511. The molecule has 1 unspecified atom stereocenters. The van der Waals surface area contributed by atoms with E-state index in [9.17, 15) is 13.6 Å². The van der Waals surface area contributed by atoms with Crippen molar-refractivity contribution < 1.29 is 18.3 Å². The van der Waals surface area contributed by atoms with Gasteiger partial charge in [-0.25, -0.2) is 8.78 Å². The molecule has 6 heteroatoms. The molecule has 0 aliphatic carbocycles. The highest BCUT2D eigenvalue weighted by atomic mass is 19.1. The van der Waals surface area contributed by atoms with E-state index in [0.717, 1.165) is 38.1 Å². The van der Waals surface area contributed by atoms with Crippen LogP contribution in [0.5, 0.6) is 5.75 Å². The highest BCUT2D eigenvalue weighted by Gasteiger charge is 2.21. The number of hydrogen-bond acceptors (Lipinski definition) is 3. The van der Waals surface area contributed by atoms with E-state index in [4.69, 9.17) is 4.74 Å². The van der Waals surface area contributed by atoms with Crippen LogP contribution in [0.15, 0.2) is 18.2 Å². The first kappa shape index (κ1) is 16.7. The summed E-state index contributed by atoms with van der Waals surface area (Å²) < 4.78 is 31.4. The van der Waals surface area contributed by atoms with E-state index in [1.54, 1.807) is 0 Å². The Morgan fingerprint density at radius 3 is 3.00 bits per heavy atom. The zero-order valence-electron chi connectivity index (χ0n) is 12.8. The maximum atomic E-state index is 13.4. The number of rotatable bonds is 6. The topological polar surface area (TPSA) is 41.6 Å². The number of hydrogen-bond donors (Lipinski definition) is 1. The number of nitrogens with zero attached hydrogens (tertiary/aromatic N) is 1. The Hall–Kier alpha value is -1.69. The molecule has 0 spiro atoms. The number of likely N-dealkylation sites (tertiary alicyclic amines) is 1. The fourth-order valence-electron chi connectivity index (χ4n) is 2.60. The van der Waals surface area contributed by atoms with E-state index in [-0.39, 0.29) is 18.3 Å². The number of piperidine rings is 1. The first-order valence-corrected chi connectivity index (χ1v) is 7.63. The third kappa shape index (κ3) is 4.66. The van der Waals surface area contributed by atoms with Crippen molar-refractivity contribution in [3.8, 4) is 5.75 Å². The van der Waals surface area contributed by atoms with E-state index in [2.05, 4.69) is 5.32 Å². The van der Waals surface area contributed by atoms with Gasteiger partial charge in [-0.2, -0.15) is 0 Å². The lowest BCUT2D eigenvalue weighted by Gasteiger charge is -2.32. The summed E-state index contributed by atoms with van der Waals surface area (Å²) in [6.07, 6.45) is 2.98.